The molecular formula is C39H76N4O10. The summed E-state index contributed by atoms with van der Waals surface area (Å²) >= 11 is 0. The average Bonchev–Trinajstić information content (AvgIpc) is 3.03. The number of nitrogens with zero attached hydrogens (tertiary/aromatic N) is 2. The van der Waals surface area contributed by atoms with Crippen LogP contribution in [0.3, 0.4) is 0 Å². The van der Waals surface area contributed by atoms with Crippen LogP contribution < -0.4 is 11.5 Å². The number of aliphatic imine (C=N–C) groups is 2. The van der Waals surface area contributed by atoms with Gasteiger partial charge in [0.05, 0.1) is 25.8 Å². The zero-order chi connectivity index (χ0) is 41.8. The predicted molar refractivity (Wildman–Crippen MR) is 208 cm³/mol. The van der Waals surface area contributed by atoms with Crippen LogP contribution in [0, 0.1) is 27.1 Å². The average molecular weight is 761 g/mol. The van der Waals surface area contributed by atoms with Gasteiger partial charge in [-0.25, -0.2) is 19.6 Å². The maximum Gasteiger partial charge on any atom is 0.303 e. The first kappa shape index (κ1) is 54.8. The van der Waals surface area contributed by atoms with Gasteiger partial charge in [-0.3, -0.25) is 9.59 Å². The third-order valence-electron chi connectivity index (χ3n) is 9.10. The SMILES string of the molecule is CC(C)(CO)CO.CC1(C)CC(N)CC(C)(CN)C1.CC1(C)CC(N=C=O)CC(C)(CN=C=O)C1.O=C(O)CCCCC(=O)O.OCCCCCCO. The number of hydrogen-bond acceptors (Lipinski definition) is 12. The summed E-state index contributed by atoms with van der Waals surface area (Å²) in [6.07, 6.45) is 14.2. The number of hydrogen-bond donors (Lipinski definition) is 8. The van der Waals surface area contributed by atoms with Gasteiger partial charge in [-0.1, -0.05) is 68.2 Å². The van der Waals surface area contributed by atoms with Gasteiger partial charge in [0.15, 0.2) is 0 Å². The smallest absolute Gasteiger partial charge is 0.303 e. The second-order valence-corrected chi connectivity index (χ2v) is 17.7. The Bertz CT molecular complexity index is 1060. The topological polar surface area (TPSA) is 266 Å². The fourth-order valence-corrected chi connectivity index (χ4v) is 7.14. The van der Waals surface area contributed by atoms with E-state index in [1.165, 1.54) is 6.42 Å². The molecule has 14 heteroatoms. The Morgan fingerprint density at radius 1 is 0.698 bits per heavy atom. The van der Waals surface area contributed by atoms with Gasteiger partial charge in [0.2, 0.25) is 12.2 Å². The molecule has 4 unspecified atom stereocenters. The van der Waals surface area contributed by atoms with E-state index in [4.69, 9.17) is 42.1 Å². The van der Waals surface area contributed by atoms with Crippen LogP contribution in [-0.4, -0.2) is 106 Å². The van der Waals surface area contributed by atoms with Crippen molar-refractivity contribution in [3.05, 3.63) is 0 Å². The van der Waals surface area contributed by atoms with Crippen molar-refractivity contribution in [1.82, 2.24) is 0 Å². The molecule has 14 nitrogen and oxygen atoms in total. The number of carbonyl (C=O) groups excluding carboxylic acids is 2. The van der Waals surface area contributed by atoms with Gasteiger partial charge in [0, 0.05) is 37.5 Å². The fourth-order valence-electron chi connectivity index (χ4n) is 7.14. The highest BCUT2D eigenvalue weighted by atomic mass is 16.4. The van der Waals surface area contributed by atoms with Gasteiger partial charge >= 0.3 is 11.9 Å². The number of carboxylic acids is 2. The van der Waals surface area contributed by atoms with E-state index in [1.54, 1.807) is 26.0 Å². The Morgan fingerprint density at radius 2 is 1.15 bits per heavy atom. The second-order valence-electron chi connectivity index (χ2n) is 17.7. The summed E-state index contributed by atoms with van der Waals surface area (Å²) in [7, 11) is 0. The van der Waals surface area contributed by atoms with E-state index in [-0.39, 0.29) is 67.0 Å². The summed E-state index contributed by atoms with van der Waals surface area (Å²) in [6.45, 7) is 18.7. The molecule has 0 aromatic carbocycles. The number of aliphatic hydroxyl groups is 4. The van der Waals surface area contributed by atoms with Crippen LogP contribution in [0.5, 0.6) is 0 Å². The molecule has 2 rings (SSSR count). The van der Waals surface area contributed by atoms with Gasteiger partial charge in [-0.15, -0.1) is 0 Å². The molecule has 0 amide bonds. The predicted octanol–water partition coefficient (Wildman–Crippen LogP) is 4.98. The molecule has 0 heterocycles. The number of nitrogens with two attached hydrogens (primary N) is 2. The summed E-state index contributed by atoms with van der Waals surface area (Å²) in [5.41, 5.74) is 12.2. The Balaban J connectivity index is -0.000000610. The molecule has 0 aromatic heterocycles. The van der Waals surface area contributed by atoms with E-state index >= 15 is 0 Å². The first-order valence-corrected chi connectivity index (χ1v) is 18.9. The van der Waals surface area contributed by atoms with E-state index in [0.29, 0.717) is 30.8 Å². The molecule has 0 bridgehead atoms. The second kappa shape index (κ2) is 28.8. The number of aliphatic hydroxyl groups excluding tert-OH is 4. The molecule has 2 fully saturated rings. The van der Waals surface area contributed by atoms with Crippen LogP contribution in [0.1, 0.15) is 145 Å². The minimum atomic E-state index is -0.870. The molecule has 0 radical (unpaired) electrons. The molecule has 10 N–H and O–H groups in total. The van der Waals surface area contributed by atoms with Gasteiger partial charge in [-0.2, -0.15) is 0 Å². The number of rotatable bonds is 16. The van der Waals surface area contributed by atoms with Crippen LogP contribution in [0.25, 0.3) is 0 Å². The van der Waals surface area contributed by atoms with E-state index in [0.717, 1.165) is 64.3 Å². The van der Waals surface area contributed by atoms with E-state index in [1.807, 2.05) is 0 Å². The largest absolute Gasteiger partial charge is 0.481 e. The minimum absolute atomic E-state index is 0.00750. The van der Waals surface area contributed by atoms with Crippen molar-refractivity contribution in [2.24, 2.45) is 48.5 Å². The minimum Gasteiger partial charge on any atom is -0.481 e. The molecule has 53 heavy (non-hydrogen) atoms. The van der Waals surface area contributed by atoms with E-state index < -0.39 is 11.9 Å². The van der Waals surface area contributed by atoms with Crippen molar-refractivity contribution in [3.63, 3.8) is 0 Å². The monoisotopic (exact) mass is 761 g/mol. The lowest BCUT2D eigenvalue weighted by Gasteiger charge is -2.45. The van der Waals surface area contributed by atoms with E-state index in [2.05, 4.69) is 51.5 Å². The van der Waals surface area contributed by atoms with Crippen molar-refractivity contribution in [3.8, 4) is 0 Å². The van der Waals surface area contributed by atoms with Gasteiger partial charge in [0.25, 0.3) is 0 Å². The number of unbranched alkanes of at least 4 members (excludes halogenated alkanes) is 4. The lowest BCUT2D eigenvalue weighted by atomic mass is 9.63. The third kappa shape index (κ3) is 32.6. The normalized spacial score (nSPS) is 23.9. The van der Waals surface area contributed by atoms with Crippen LogP contribution in [0.15, 0.2) is 9.98 Å². The molecule has 0 aliphatic heterocycles. The first-order chi connectivity index (χ1) is 24.4. The van der Waals surface area contributed by atoms with Gasteiger partial charge < -0.3 is 42.1 Å². The molecule has 312 valence electrons. The number of carbonyl (C=O) groups is 2. The van der Waals surface area contributed by atoms with Gasteiger partial charge in [-0.05, 0) is 92.4 Å². The molecule has 4 atom stereocenters. The summed E-state index contributed by atoms with van der Waals surface area (Å²) in [5.74, 6) is -1.74. The Morgan fingerprint density at radius 3 is 1.49 bits per heavy atom. The zero-order valence-electron chi connectivity index (χ0n) is 34.2. The number of isocyanates is 2. The van der Waals surface area contributed by atoms with Crippen molar-refractivity contribution < 1.29 is 49.8 Å². The van der Waals surface area contributed by atoms with Crippen LogP contribution in [-0.2, 0) is 19.2 Å². The summed E-state index contributed by atoms with van der Waals surface area (Å²) in [5, 5.41) is 49.7. The molecule has 2 saturated carbocycles. The molecular weight excluding hydrogens is 684 g/mol. The zero-order valence-corrected chi connectivity index (χ0v) is 34.2. The van der Waals surface area contributed by atoms with Crippen molar-refractivity contribution >= 4 is 24.1 Å². The lowest BCUT2D eigenvalue weighted by Crippen LogP contribution is -2.45. The first-order valence-electron chi connectivity index (χ1n) is 18.9. The molecule has 2 aliphatic carbocycles. The summed E-state index contributed by atoms with van der Waals surface area (Å²) < 4.78 is 0. The molecule has 0 saturated heterocycles. The van der Waals surface area contributed by atoms with Crippen LogP contribution >= 0.6 is 0 Å². The Labute approximate surface area is 319 Å². The number of carboxylic acid groups (broad SMARTS) is 2. The fraction of sp³-hybridized carbons (Fsp3) is 0.897. The lowest BCUT2D eigenvalue weighted by molar-refractivity contribution is -0.139. The van der Waals surface area contributed by atoms with Gasteiger partial charge in [0.1, 0.15) is 0 Å². The summed E-state index contributed by atoms with van der Waals surface area (Å²) in [4.78, 5) is 47.8. The Kier molecular flexibility index (Phi) is 29.8. The maximum atomic E-state index is 10.3. The quantitative estimate of drug-likeness (QED) is 0.0588. The number of aliphatic carboxylic acids is 2. The molecule has 0 spiro atoms. The van der Waals surface area contributed by atoms with Crippen LogP contribution in [0.4, 0.5) is 0 Å². The highest BCUT2D eigenvalue weighted by Gasteiger charge is 2.41. The summed E-state index contributed by atoms with van der Waals surface area (Å²) in [6, 6.07) is 0.357. The standard InChI is InChI=1S/C12H18N2O2.C10H22N2.C6H10O4.C6H14O2.C5H12O2/c1-11(2)4-10(14-9-16)5-12(3,6-11)7-13-8-15;1-9(2)4-8(12)5-10(3,6-9)7-11;7-5(8)3-1-2-4-6(9)10;7-5-3-1-2-4-6-8;1-5(2,3-6)4-7/h10H,4-7H2,1-3H3;8H,4-7,11-12H2,1-3H3;1-4H2,(H,7,8)(H,9,10);7-8H,1-6H2;6-7H,3-4H2,1-2H3. The maximum absolute atomic E-state index is 10.3. The molecule has 0 aromatic rings. The highest BCUT2D eigenvalue weighted by molar-refractivity contribution is 5.67. The van der Waals surface area contributed by atoms with E-state index in [9.17, 15) is 19.2 Å². The van der Waals surface area contributed by atoms with Crippen molar-refractivity contribution in [1.29, 1.82) is 0 Å². The van der Waals surface area contributed by atoms with Crippen molar-refractivity contribution in [2.45, 2.75) is 157 Å². The van der Waals surface area contributed by atoms with Crippen molar-refractivity contribution in [2.75, 3.05) is 39.5 Å². The third-order valence-corrected chi connectivity index (χ3v) is 9.10. The highest BCUT2D eigenvalue weighted by Crippen LogP contribution is 2.47. The molecule has 2 aliphatic rings. The van der Waals surface area contributed by atoms with Crippen LogP contribution in [0.2, 0.25) is 0 Å². The Hall–Kier alpha value is -2.54.